The fourth-order valence-electron chi connectivity index (χ4n) is 5.07. The highest BCUT2D eigenvalue weighted by Crippen LogP contribution is 2.46. The first kappa shape index (κ1) is 20.1. The lowest BCUT2D eigenvalue weighted by Crippen LogP contribution is -2.48. The molecule has 2 aromatic rings. The Morgan fingerprint density at radius 2 is 1.69 bits per heavy atom. The van der Waals surface area contributed by atoms with E-state index in [1.807, 2.05) is 30.3 Å². The summed E-state index contributed by atoms with van der Waals surface area (Å²) in [5.74, 6) is 1.69. The molecule has 1 fully saturated rings. The van der Waals surface area contributed by atoms with Crippen molar-refractivity contribution >= 4 is 17.5 Å². The zero-order valence-corrected chi connectivity index (χ0v) is 18.1. The maximum absolute atomic E-state index is 13.9. The highest BCUT2D eigenvalue weighted by molar-refractivity contribution is 6.30. The molecule has 1 aliphatic carbocycles. The number of amides is 1. The van der Waals surface area contributed by atoms with Crippen LogP contribution < -0.4 is 9.47 Å². The van der Waals surface area contributed by atoms with E-state index in [-0.39, 0.29) is 11.9 Å². The first-order valence-corrected chi connectivity index (χ1v) is 10.7. The minimum atomic E-state index is -0.438. The van der Waals surface area contributed by atoms with E-state index in [1.54, 1.807) is 14.2 Å². The molecule has 154 valence electrons. The Kier molecular flexibility index (Phi) is 5.48. The summed E-state index contributed by atoms with van der Waals surface area (Å²) in [6.07, 6.45) is 4.78. The van der Waals surface area contributed by atoms with Crippen molar-refractivity contribution in [1.82, 2.24) is 4.90 Å². The number of carbonyl (C=O) groups is 1. The first-order valence-electron chi connectivity index (χ1n) is 10.3. The molecule has 1 unspecified atom stereocenters. The van der Waals surface area contributed by atoms with Gasteiger partial charge in [-0.15, -0.1) is 0 Å². The molecule has 0 N–H and O–H groups in total. The smallest absolute Gasteiger partial charge is 0.233 e. The molecule has 0 aromatic heterocycles. The molecule has 2 aromatic carbocycles. The molecule has 4 nitrogen and oxygen atoms in total. The number of carbonyl (C=O) groups excluding carboxylic acids is 1. The van der Waals surface area contributed by atoms with E-state index in [4.69, 9.17) is 21.1 Å². The van der Waals surface area contributed by atoms with Gasteiger partial charge in [0.15, 0.2) is 11.5 Å². The summed E-state index contributed by atoms with van der Waals surface area (Å²) < 4.78 is 11.0. The summed E-state index contributed by atoms with van der Waals surface area (Å²) in [5, 5.41) is 0.704. The summed E-state index contributed by atoms with van der Waals surface area (Å²) in [4.78, 5) is 16.0. The molecule has 4 rings (SSSR count). The fourth-order valence-corrected chi connectivity index (χ4v) is 5.20. The summed E-state index contributed by atoms with van der Waals surface area (Å²) >= 11 is 6.11. The van der Waals surface area contributed by atoms with Gasteiger partial charge in [0.2, 0.25) is 5.91 Å². The van der Waals surface area contributed by atoms with E-state index < -0.39 is 5.41 Å². The van der Waals surface area contributed by atoms with E-state index >= 15 is 0 Å². The molecule has 0 spiro atoms. The van der Waals surface area contributed by atoms with Crippen molar-refractivity contribution in [2.75, 3.05) is 20.8 Å². The Morgan fingerprint density at radius 3 is 2.31 bits per heavy atom. The van der Waals surface area contributed by atoms with Crippen molar-refractivity contribution < 1.29 is 14.3 Å². The van der Waals surface area contributed by atoms with Crippen LogP contribution in [0.25, 0.3) is 0 Å². The zero-order valence-electron chi connectivity index (χ0n) is 17.3. The second-order valence-electron chi connectivity index (χ2n) is 8.13. The Labute approximate surface area is 177 Å². The van der Waals surface area contributed by atoms with Gasteiger partial charge in [0.05, 0.1) is 25.7 Å². The Bertz CT molecular complexity index is 903. The molecular weight excluding hydrogens is 386 g/mol. The van der Waals surface area contributed by atoms with E-state index in [0.29, 0.717) is 10.8 Å². The average molecular weight is 414 g/mol. The Hall–Kier alpha value is -2.20. The second-order valence-corrected chi connectivity index (χ2v) is 8.56. The molecule has 0 saturated heterocycles. The maximum atomic E-state index is 13.9. The van der Waals surface area contributed by atoms with Crippen molar-refractivity contribution in [3.05, 3.63) is 58.1 Å². The second kappa shape index (κ2) is 7.91. The number of ether oxygens (including phenoxy) is 2. The fraction of sp³-hybridized carbons (Fsp3) is 0.458. The minimum absolute atomic E-state index is 0.00386. The van der Waals surface area contributed by atoms with Crippen LogP contribution >= 0.6 is 11.6 Å². The number of nitrogens with zero attached hydrogens (tertiary/aromatic N) is 1. The third-order valence-corrected chi connectivity index (χ3v) is 6.96. The predicted molar refractivity (Wildman–Crippen MR) is 115 cm³/mol. The van der Waals surface area contributed by atoms with Crippen LogP contribution in [0.2, 0.25) is 5.02 Å². The average Bonchev–Trinajstić information content (AvgIpc) is 3.24. The number of methoxy groups -OCH3 is 2. The lowest BCUT2D eigenvalue weighted by atomic mass is 9.76. The number of hydrogen-bond donors (Lipinski definition) is 0. The SMILES string of the molecule is COc1cc2c(cc1OC)C(C)N(C(=O)C1(c3ccc(Cl)cc3)CCCC1)CC2. The Balaban J connectivity index is 1.69. The predicted octanol–water partition coefficient (Wildman–Crippen LogP) is 5.31. The van der Waals surface area contributed by atoms with Crippen LogP contribution in [-0.2, 0) is 16.6 Å². The lowest BCUT2D eigenvalue weighted by Gasteiger charge is -2.41. The van der Waals surface area contributed by atoms with Crippen LogP contribution in [0, 0.1) is 0 Å². The van der Waals surface area contributed by atoms with Crippen LogP contribution in [0.5, 0.6) is 11.5 Å². The zero-order chi connectivity index (χ0) is 20.6. The van der Waals surface area contributed by atoms with Crippen LogP contribution in [-0.4, -0.2) is 31.6 Å². The molecule has 1 atom stereocenters. The molecule has 2 aliphatic rings. The summed E-state index contributed by atoms with van der Waals surface area (Å²) in [6.45, 7) is 2.84. The highest BCUT2D eigenvalue weighted by atomic mass is 35.5. The summed E-state index contributed by atoms with van der Waals surface area (Å²) in [5.41, 5.74) is 3.03. The van der Waals surface area contributed by atoms with Gasteiger partial charge in [-0.05, 0) is 67.1 Å². The molecule has 1 amide bonds. The molecule has 5 heteroatoms. The molecule has 1 heterocycles. The van der Waals surface area contributed by atoms with Crippen LogP contribution in [0.3, 0.4) is 0 Å². The summed E-state index contributed by atoms with van der Waals surface area (Å²) in [6, 6.07) is 11.9. The number of benzene rings is 2. The monoisotopic (exact) mass is 413 g/mol. The standard InChI is InChI=1S/C24H28ClNO3/c1-16-20-15-22(29-3)21(28-2)14-17(20)10-13-26(16)23(27)24(11-4-5-12-24)18-6-8-19(25)9-7-18/h6-9,14-16H,4-5,10-13H2,1-3H3. The normalized spacial score (nSPS) is 20.3. The largest absolute Gasteiger partial charge is 0.493 e. The maximum Gasteiger partial charge on any atom is 0.233 e. The minimum Gasteiger partial charge on any atom is -0.493 e. The quantitative estimate of drug-likeness (QED) is 0.681. The molecule has 1 saturated carbocycles. The topological polar surface area (TPSA) is 38.8 Å². The van der Waals surface area contributed by atoms with Gasteiger partial charge in [-0.1, -0.05) is 36.6 Å². The number of halogens is 1. The highest BCUT2D eigenvalue weighted by Gasteiger charge is 2.46. The summed E-state index contributed by atoms with van der Waals surface area (Å²) in [7, 11) is 3.30. The van der Waals surface area contributed by atoms with Gasteiger partial charge in [0.25, 0.3) is 0 Å². The van der Waals surface area contributed by atoms with Crippen molar-refractivity contribution in [2.45, 2.75) is 50.5 Å². The lowest BCUT2D eigenvalue weighted by molar-refractivity contribution is -0.140. The number of hydrogen-bond acceptors (Lipinski definition) is 3. The van der Waals surface area contributed by atoms with E-state index in [0.717, 1.165) is 55.5 Å². The van der Waals surface area contributed by atoms with Crippen molar-refractivity contribution in [1.29, 1.82) is 0 Å². The van der Waals surface area contributed by atoms with Gasteiger partial charge >= 0.3 is 0 Å². The third kappa shape index (κ3) is 3.38. The molecule has 29 heavy (non-hydrogen) atoms. The number of fused-ring (bicyclic) bond motifs is 1. The van der Waals surface area contributed by atoms with Gasteiger partial charge in [0.1, 0.15) is 0 Å². The first-order chi connectivity index (χ1) is 14.0. The van der Waals surface area contributed by atoms with Crippen LogP contribution in [0.1, 0.15) is 55.3 Å². The van der Waals surface area contributed by atoms with Crippen LogP contribution in [0.4, 0.5) is 0 Å². The van der Waals surface area contributed by atoms with Crippen molar-refractivity contribution in [2.24, 2.45) is 0 Å². The van der Waals surface area contributed by atoms with Crippen molar-refractivity contribution in [3.63, 3.8) is 0 Å². The molecular formula is C24H28ClNO3. The molecule has 0 radical (unpaired) electrons. The van der Waals surface area contributed by atoms with E-state index in [2.05, 4.69) is 17.9 Å². The van der Waals surface area contributed by atoms with Gasteiger partial charge in [0, 0.05) is 11.6 Å². The molecule has 1 aliphatic heterocycles. The van der Waals surface area contributed by atoms with E-state index in [1.165, 1.54) is 5.56 Å². The van der Waals surface area contributed by atoms with E-state index in [9.17, 15) is 4.79 Å². The Morgan fingerprint density at radius 1 is 1.07 bits per heavy atom. The van der Waals surface area contributed by atoms with Gasteiger partial charge in [-0.2, -0.15) is 0 Å². The van der Waals surface area contributed by atoms with Gasteiger partial charge in [-0.25, -0.2) is 0 Å². The van der Waals surface area contributed by atoms with Crippen LogP contribution in [0.15, 0.2) is 36.4 Å². The van der Waals surface area contributed by atoms with Crippen molar-refractivity contribution in [3.8, 4) is 11.5 Å². The molecule has 0 bridgehead atoms. The van der Waals surface area contributed by atoms with Gasteiger partial charge < -0.3 is 14.4 Å². The third-order valence-electron chi connectivity index (χ3n) is 6.71. The number of rotatable bonds is 4. The van der Waals surface area contributed by atoms with Gasteiger partial charge in [-0.3, -0.25) is 4.79 Å².